The van der Waals surface area contributed by atoms with Gasteiger partial charge in [0, 0.05) is 27.1 Å². The van der Waals surface area contributed by atoms with E-state index in [1.165, 1.54) is 32.3 Å². The summed E-state index contributed by atoms with van der Waals surface area (Å²) in [7, 11) is -1.00. The van der Waals surface area contributed by atoms with Crippen molar-refractivity contribution in [2.24, 2.45) is 0 Å². The van der Waals surface area contributed by atoms with E-state index in [2.05, 4.69) is 5.32 Å². The number of carbonyl (C=O) groups excluding carboxylic acids is 1. The summed E-state index contributed by atoms with van der Waals surface area (Å²) in [5.74, 6) is -1.47. The highest BCUT2D eigenvalue weighted by Crippen LogP contribution is 2.16. The number of sulfonamides is 1. The highest BCUT2D eigenvalue weighted by Gasteiger charge is 2.22. The van der Waals surface area contributed by atoms with Gasteiger partial charge in [-0.25, -0.2) is 17.5 Å². The van der Waals surface area contributed by atoms with E-state index in [-0.39, 0.29) is 29.3 Å². The Morgan fingerprint density at radius 1 is 1.35 bits per heavy atom. The predicted molar refractivity (Wildman–Crippen MR) is 71.9 cm³/mol. The van der Waals surface area contributed by atoms with Gasteiger partial charge in [-0.15, -0.1) is 0 Å². The van der Waals surface area contributed by atoms with E-state index in [4.69, 9.17) is 5.11 Å². The summed E-state index contributed by atoms with van der Waals surface area (Å²) in [6, 6.07) is 5.08. The van der Waals surface area contributed by atoms with E-state index in [0.29, 0.717) is 0 Å². The van der Waals surface area contributed by atoms with Crippen LogP contribution in [0.15, 0.2) is 29.2 Å². The van der Waals surface area contributed by atoms with Crippen LogP contribution in [0.1, 0.15) is 16.8 Å². The third-order valence-electron chi connectivity index (χ3n) is 2.72. The number of benzene rings is 1. The van der Waals surface area contributed by atoms with Crippen LogP contribution >= 0.6 is 0 Å². The molecule has 8 heteroatoms. The molecular weight excluding hydrogens is 284 g/mol. The molecule has 0 saturated heterocycles. The van der Waals surface area contributed by atoms with Crippen LogP contribution in [0.25, 0.3) is 0 Å². The molecule has 7 nitrogen and oxygen atoms in total. The van der Waals surface area contributed by atoms with E-state index < -0.39 is 16.0 Å². The van der Waals surface area contributed by atoms with Crippen molar-refractivity contribution >= 4 is 21.9 Å². The Balaban J connectivity index is 2.95. The molecule has 20 heavy (non-hydrogen) atoms. The zero-order valence-electron chi connectivity index (χ0n) is 11.2. The average Bonchev–Trinajstić information content (AvgIpc) is 2.44. The molecule has 0 heterocycles. The first kappa shape index (κ1) is 16.1. The van der Waals surface area contributed by atoms with Gasteiger partial charge in [-0.3, -0.25) is 4.79 Å². The zero-order valence-corrected chi connectivity index (χ0v) is 12.0. The van der Waals surface area contributed by atoms with Gasteiger partial charge in [-0.2, -0.15) is 0 Å². The lowest BCUT2D eigenvalue weighted by Crippen LogP contribution is -2.31. The minimum atomic E-state index is -3.81. The molecule has 0 unspecified atom stereocenters. The fourth-order valence-electron chi connectivity index (χ4n) is 1.47. The van der Waals surface area contributed by atoms with Crippen LogP contribution < -0.4 is 5.32 Å². The molecule has 0 spiro atoms. The Morgan fingerprint density at radius 2 is 2.00 bits per heavy atom. The number of carboxylic acids is 1. The molecule has 1 aromatic rings. The number of rotatable bonds is 6. The van der Waals surface area contributed by atoms with Crippen LogP contribution in [0.4, 0.5) is 0 Å². The second-order valence-corrected chi connectivity index (χ2v) is 6.13. The Hall–Kier alpha value is -1.93. The number of carboxylic acid groups (broad SMARTS) is 1. The van der Waals surface area contributed by atoms with Gasteiger partial charge in [0.25, 0.3) is 0 Å². The number of nitrogens with zero attached hydrogens (tertiary/aromatic N) is 1. The number of aromatic carboxylic acids is 1. The monoisotopic (exact) mass is 300 g/mol. The van der Waals surface area contributed by atoms with Crippen molar-refractivity contribution in [1.82, 2.24) is 9.62 Å². The topological polar surface area (TPSA) is 104 Å². The first-order valence-corrected chi connectivity index (χ1v) is 7.23. The van der Waals surface area contributed by atoms with Crippen LogP contribution in [0, 0.1) is 0 Å². The van der Waals surface area contributed by atoms with Crippen LogP contribution in [-0.4, -0.2) is 50.3 Å². The molecule has 1 rings (SSSR count). The minimum Gasteiger partial charge on any atom is -0.478 e. The lowest BCUT2D eigenvalue weighted by molar-refractivity contribution is -0.120. The van der Waals surface area contributed by atoms with Crippen molar-refractivity contribution in [3.05, 3.63) is 29.8 Å². The van der Waals surface area contributed by atoms with Gasteiger partial charge < -0.3 is 10.4 Å². The minimum absolute atomic E-state index is 0.0132. The van der Waals surface area contributed by atoms with Crippen molar-refractivity contribution < 1.29 is 23.1 Å². The van der Waals surface area contributed by atoms with Crippen molar-refractivity contribution in [2.75, 3.05) is 20.6 Å². The molecule has 0 aliphatic carbocycles. The van der Waals surface area contributed by atoms with Crippen LogP contribution in [0.2, 0.25) is 0 Å². The third-order valence-corrected chi connectivity index (χ3v) is 4.57. The highest BCUT2D eigenvalue weighted by atomic mass is 32.2. The molecule has 1 aromatic carbocycles. The summed E-state index contributed by atoms with van der Waals surface area (Å²) in [5, 5.41) is 11.3. The molecule has 0 saturated carbocycles. The molecule has 1 amide bonds. The van der Waals surface area contributed by atoms with E-state index in [9.17, 15) is 18.0 Å². The van der Waals surface area contributed by atoms with E-state index in [0.717, 1.165) is 10.4 Å². The maximum absolute atomic E-state index is 12.2. The second kappa shape index (κ2) is 6.49. The quantitative estimate of drug-likeness (QED) is 0.778. The maximum Gasteiger partial charge on any atom is 0.335 e. The summed E-state index contributed by atoms with van der Waals surface area (Å²) >= 11 is 0. The van der Waals surface area contributed by atoms with Gasteiger partial charge in [0.2, 0.25) is 15.9 Å². The number of hydrogen-bond acceptors (Lipinski definition) is 4. The van der Waals surface area contributed by atoms with Gasteiger partial charge in [-0.05, 0) is 18.2 Å². The lowest BCUT2D eigenvalue weighted by atomic mass is 10.2. The van der Waals surface area contributed by atoms with Gasteiger partial charge in [0.15, 0.2) is 0 Å². The fraction of sp³-hybridized carbons (Fsp3) is 0.333. The van der Waals surface area contributed by atoms with Gasteiger partial charge in [-0.1, -0.05) is 6.07 Å². The standard InChI is InChI=1S/C12H16N2O5S/c1-13-11(15)6-7-14(2)20(18,19)10-5-3-4-9(8-10)12(16)17/h3-5,8H,6-7H2,1-2H3,(H,13,15)(H,16,17). The van der Waals surface area contributed by atoms with E-state index >= 15 is 0 Å². The molecule has 0 bridgehead atoms. The van der Waals surface area contributed by atoms with Gasteiger partial charge in [0.1, 0.15) is 0 Å². The summed E-state index contributed by atoms with van der Waals surface area (Å²) < 4.78 is 25.4. The molecular formula is C12H16N2O5S. The Labute approximate surface area is 117 Å². The molecule has 2 N–H and O–H groups in total. The Morgan fingerprint density at radius 3 is 2.55 bits per heavy atom. The van der Waals surface area contributed by atoms with Crippen molar-refractivity contribution in [3.8, 4) is 0 Å². The predicted octanol–water partition coefficient (Wildman–Crippen LogP) is 0.141. The van der Waals surface area contributed by atoms with Crippen molar-refractivity contribution in [2.45, 2.75) is 11.3 Å². The van der Waals surface area contributed by atoms with Crippen LogP contribution in [-0.2, 0) is 14.8 Å². The Kier molecular flexibility index (Phi) is 5.23. The Bertz CT molecular complexity index is 612. The highest BCUT2D eigenvalue weighted by molar-refractivity contribution is 7.89. The van der Waals surface area contributed by atoms with Crippen LogP contribution in [0.5, 0.6) is 0 Å². The summed E-state index contributed by atoms with van der Waals surface area (Å²) in [4.78, 5) is 21.8. The van der Waals surface area contributed by atoms with Gasteiger partial charge in [0.05, 0.1) is 10.5 Å². The summed E-state index contributed by atoms with van der Waals surface area (Å²) in [6.07, 6.45) is 0.0326. The number of nitrogens with one attached hydrogen (secondary N) is 1. The largest absolute Gasteiger partial charge is 0.478 e. The molecule has 0 aliphatic rings. The first-order chi connectivity index (χ1) is 9.28. The molecule has 0 radical (unpaired) electrons. The normalized spacial score (nSPS) is 11.3. The third kappa shape index (κ3) is 3.78. The van der Waals surface area contributed by atoms with E-state index in [1.54, 1.807) is 0 Å². The molecule has 110 valence electrons. The maximum atomic E-state index is 12.2. The fourth-order valence-corrected chi connectivity index (χ4v) is 2.69. The molecule has 0 aliphatic heterocycles. The smallest absolute Gasteiger partial charge is 0.335 e. The summed E-state index contributed by atoms with van der Waals surface area (Å²) in [5.41, 5.74) is -0.106. The van der Waals surface area contributed by atoms with Crippen molar-refractivity contribution in [1.29, 1.82) is 0 Å². The van der Waals surface area contributed by atoms with E-state index in [1.807, 2.05) is 0 Å². The molecule has 0 atom stereocenters. The van der Waals surface area contributed by atoms with Crippen LogP contribution in [0.3, 0.4) is 0 Å². The lowest BCUT2D eigenvalue weighted by Gasteiger charge is -2.16. The zero-order chi connectivity index (χ0) is 15.3. The number of carbonyl (C=O) groups is 2. The second-order valence-electron chi connectivity index (χ2n) is 4.08. The number of amides is 1. The van der Waals surface area contributed by atoms with Crippen molar-refractivity contribution in [3.63, 3.8) is 0 Å². The first-order valence-electron chi connectivity index (χ1n) is 5.79. The summed E-state index contributed by atoms with van der Waals surface area (Å²) in [6.45, 7) is 0.0132. The molecule has 0 aromatic heterocycles. The van der Waals surface area contributed by atoms with Gasteiger partial charge >= 0.3 is 5.97 Å². The number of hydrogen-bond donors (Lipinski definition) is 2. The average molecular weight is 300 g/mol. The SMILES string of the molecule is CNC(=O)CCN(C)S(=O)(=O)c1cccc(C(=O)O)c1. The molecule has 0 fully saturated rings.